The largest absolute Gasteiger partial charge is 0.324 e. The SMILES string of the molecule is O=C(Nc1ccc(Cl)cc1)Nc1cc(C2CC2)nn1-c1ccccc1. The van der Waals surface area contributed by atoms with Crippen molar-refractivity contribution in [2.75, 3.05) is 10.6 Å². The second-order valence-corrected chi connectivity index (χ2v) is 6.50. The monoisotopic (exact) mass is 352 g/mol. The summed E-state index contributed by atoms with van der Waals surface area (Å²) in [5.74, 6) is 1.16. The van der Waals surface area contributed by atoms with Crippen molar-refractivity contribution in [1.29, 1.82) is 0 Å². The fraction of sp³-hybridized carbons (Fsp3) is 0.158. The molecule has 1 heterocycles. The van der Waals surface area contributed by atoms with Gasteiger partial charge in [0.2, 0.25) is 0 Å². The van der Waals surface area contributed by atoms with Crippen molar-refractivity contribution in [3.05, 3.63) is 71.4 Å². The van der Waals surface area contributed by atoms with E-state index in [0.29, 0.717) is 22.4 Å². The molecule has 0 atom stereocenters. The third-order valence-electron chi connectivity index (χ3n) is 4.07. The van der Waals surface area contributed by atoms with Gasteiger partial charge in [-0.05, 0) is 49.2 Å². The molecular formula is C19H17ClN4O. The van der Waals surface area contributed by atoms with Crippen LogP contribution in [0.4, 0.5) is 16.3 Å². The van der Waals surface area contributed by atoms with Crippen LogP contribution in [0.25, 0.3) is 5.69 Å². The summed E-state index contributed by atoms with van der Waals surface area (Å²) in [5.41, 5.74) is 2.61. The molecular weight excluding hydrogens is 336 g/mol. The molecule has 4 rings (SSSR count). The minimum absolute atomic E-state index is 0.318. The number of urea groups is 1. The predicted octanol–water partition coefficient (Wildman–Crippen LogP) is 5.05. The lowest BCUT2D eigenvalue weighted by Crippen LogP contribution is -2.21. The van der Waals surface area contributed by atoms with Crippen molar-refractivity contribution < 1.29 is 4.79 Å². The topological polar surface area (TPSA) is 59.0 Å². The van der Waals surface area contributed by atoms with Gasteiger partial charge >= 0.3 is 6.03 Å². The third kappa shape index (κ3) is 3.67. The van der Waals surface area contributed by atoms with E-state index in [4.69, 9.17) is 11.6 Å². The van der Waals surface area contributed by atoms with Gasteiger partial charge in [-0.3, -0.25) is 5.32 Å². The zero-order valence-electron chi connectivity index (χ0n) is 13.4. The molecule has 0 radical (unpaired) electrons. The van der Waals surface area contributed by atoms with Gasteiger partial charge in [-0.25, -0.2) is 9.48 Å². The summed E-state index contributed by atoms with van der Waals surface area (Å²) in [7, 11) is 0. The maximum atomic E-state index is 12.3. The Labute approximate surface area is 150 Å². The van der Waals surface area contributed by atoms with Crippen LogP contribution in [0.3, 0.4) is 0 Å². The van der Waals surface area contributed by atoms with Gasteiger partial charge < -0.3 is 5.32 Å². The molecule has 0 bridgehead atoms. The highest BCUT2D eigenvalue weighted by atomic mass is 35.5. The second-order valence-electron chi connectivity index (χ2n) is 6.06. The van der Waals surface area contributed by atoms with Crippen LogP contribution in [0.1, 0.15) is 24.5 Å². The van der Waals surface area contributed by atoms with E-state index in [0.717, 1.165) is 24.2 Å². The lowest BCUT2D eigenvalue weighted by Gasteiger charge is -2.10. The summed E-state index contributed by atoms with van der Waals surface area (Å²) < 4.78 is 1.77. The van der Waals surface area contributed by atoms with E-state index in [1.807, 2.05) is 36.4 Å². The van der Waals surface area contributed by atoms with Crippen LogP contribution in [0.5, 0.6) is 0 Å². The highest BCUT2D eigenvalue weighted by Gasteiger charge is 2.28. The van der Waals surface area contributed by atoms with E-state index < -0.39 is 0 Å². The molecule has 1 fully saturated rings. The molecule has 25 heavy (non-hydrogen) atoms. The standard InChI is InChI=1S/C19H17ClN4O/c20-14-8-10-15(11-9-14)21-19(25)22-18-12-17(13-6-7-13)23-24(18)16-4-2-1-3-5-16/h1-5,8-13H,6-7H2,(H2,21,22,25). The number of carbonyl (C=O) groups excluding carboxylic acids is 1. The van der Waals surface area contributed by atoms with Crippen molar-refractivity contribution in [3.63, 3.8) is 0 Å². The molecule has 5 nitrogen and oxygen atoms in total. The molecule has 1 aliphatic carbocycles. The molecule has 2 N–H and O–H groups in total. The van der Waals surface area contributed by atoms with Gasteiger partial charge in [0.25, 0.3) is 0 Å². The molecule has 1 aromatic heterocycles. The maximum absolute atomic E-state index is 12.3. The Morgan fingerprint density at radius 2 is 1.76 bits per heavy atom. The van der Waals surface area contributed by atoms with E-state index >= 15 is 0 Å². The molecule has 1 saturated carbocycles. The van der Waals surface area contributed by atoms with Crippen molar-refractivity contribution in [2.24, 2.45) is 0 Å². The Morgan fingerprint density at radius 3 is 2.44 bits per heavy atom. The van der Waals surface area contributed by atoms with Gasteiger partial charge in [0, 0.05) is 22.7 Å². The number of halogens is 1. The molecule has 1 aliphatic rings. The van der Waals surface area contributed by atoms with E-state index in [-0.39, 0.29) is 6.03 Å². The van der Waals surface area contributed by atoms with E-state index in [9.17, 15) is 4.79 Å². The fourth-order valence-electron chi connectivity index (χ4n) is 2.64. The second kappa shape index (κ2) is 6.61. The first kappa shape index (κ1) is 15.7. The zero-order valence-corrected chi connectivity index (χ0v) is 14.2. The molecule has 6 heteroatoms. The first-order valence-corrected chi connectivity index (χ1v) is 8.56. The Kier molecular flexibility index (Phi) is 4.15. The summed E-state index contributed by atoms with van der Waals surface area (Å²) in [4.78, 5) is 12.3. The normalized spacial score (nSPS) is 13.5. The van der Waals surface area contributed by atoms with Gasteiger partial charge in [-0.2, -0.15) is 5.10 Å². The molecule has 3 aromatic rings. The molecule has 0 aliphatic heterocycles. The van der Waals surface area contributed by atoms with Crippen LogP contribution in [0.2, 0.25) is 5.02 Å². The van der Waals surface area contributed by atoms with E-state index in [2.05, 4.69) is 15.7 Å². The number of anilines is 2. The molecule has 2 amide bonds. The van der Waals surface area contributed by atoms with E-state index in [1.165, 1.54) is 0 Å². The lowest BCUT2D eigenvalue weighted by molar-refractivity contribution is 0.262. The van der Waals surface area contributed by atoms with Crippen LogP contribution in [0, 0.1) is 0 Å². The van der Waals surface area contributed by atoms with Crippen LogP contribution in [-0.4, -0.2) is 15.8 Å². The maximum Gasteiger partial charge on any atom is 0.324 e. The highest BCUT2D eigenvalue weighted by Crippen LogP contribution is 2.40. The molecule has 0 saturated heterocycles. The molecule has 0 unspecified atom stereocenters. The number of carbonyl (C=O) groups is 1. The lowest BCUT2D eigenvalue weighted by atomic mass is 10.3. The number of para-hydroxylation sites is 1. The average Bonchev–Trinajstić information content (AvgIpc) is 3.39. The minimum atomic E-state index is -0.318. The zero-order chi connectivity index (χ0) is 17.2. The average molecular weight is 353 g/mol. The van der Waals surface area contributed by atoms with Gasteiger partial charge in [0.1, 0.15) is 5.82 Å². The Hall–Kier alpha value is -2.79. The molecule has 126 valence electrons. The number of rotatable bonds is 4. The Balaban J connectivity index is 1.56. The van der Waals surface area contributed by atoms with Gasteiger partial charge in [0.15, 0.2) is 0 Å². The number of amides is 2. The third-order valence-corrected chi connectivity index (χ3v) is 4.32. The van der Waals surface area contributed by atoms with Gasteiger partial charge in [-0.15, -0.1) is 0 Å². The van der Waals surface area contributed by atoms with Gasteiger partial charge in [-0.1, -0.05) is 29.8 Å². The van der Waals surface area contributed by atoms with Crippen LogP contribution in [-0.2, 0) is 0 Å². The summed E-state index contributed by atoms with van der Waals surface area (Å²) >= 11 is 5.86. The number of nitrogens with zero attached hydrogens (tertiary/aromatic N) is 2. The number of nitrogens with one attached hydrogen (secondary N) is 2. The smallest absolute Gasteiger partial charge is 0.308 e. The first-order valence-electron chi connectivity index (χ1n) is 8.18. The van der Waals surface area contributed by atoms with Gasteiger partial charge in [0.05, 0.1) is 11.4 Å². The summed E-state index contributed by atoms with van der Waals surface area (Å²) in [6.07, 6.45) is 2.31. The fourth-order valence-corrected chi connectivity index (χ4v) is 2.77. The number of hydrogen-bond donors (Lipinski definition) is 2. The van der Waals surface area contributed by atoms with Crippen molar-refractivity contribution in [3.8, 4) is 5.69 Å². The quantitative estimate of drug-likeness (QED) is 0.690. The summed E-state index contributed by atoms with van der Waals surface area (Å²) in [5, 5.41) is 11.0. The van der Waals surface area contributed by atoms with Crippen molar-refractivity contribution in [1.82, 2.24) is 9.78 Å². The number of hydrogen-bond acceptors (Lipinski definition) is 2. The van der Waals surface area contributed by atoms with Crippen LogP contribution < -0.4 is 10.6 Å². The molecule has 2 aromatic carbocycles. The molecule has 0 spiro atoms. The number of benzene rings is 2. The predicted molar refractivity (Wildman–Crippen MR) is 99.6 cm³/mol. The Morgan fingerprint density at radius 1 is 1.04 bits per heavy atom. The Bertz CT molecular complexity index is 886. The summed E-state index contributed by atoms with van der Waals surface area (Å²) in [6, 6.07) is 18.4. The van der Waals surface area contributed by atoms with Crippen molar-refractivity contribution >= 4 is 29.1 Å². The van der Waals surface area contributed by atoms with E-state index in [1.54, 1.807) is 28.9 Å². The highest BCUT2D eigenvalue weighted by molar-refractivity contribution is 6.30. The number of aromatic nitrogens is 2. The van der Waals surface area contributed by atoms with Crippen LogP contribution >= 0.6 is 11.6 Å². The first-order chi connectivity index (χ1) is 12.2. The minimum Gasteiger partial charge on any atom is -0.308 e. The van der Waals surface area contributed by atoms with Crippen molar-refractivity contribution in [2.45, 2.75) is 18.8 Å². The summed E-state index contributed by atoms with van der Waals surface area (Å²) in [6.45, 7) is 0. The van der Waals surface area contributed by atoms with Crippen LogP contribution in [0.15, 0.2) is 60.7 Å².